The Bertz CT molecular complexity index is 1360. The van der Waals surface area contributed by atoms with Crippen molar-refractivity contribution < 1.29 is 18.0 Å². The second-order valence-electron chi connectivity index (χ2n) is 9.63. The largest absolute Gasteiger partial charge is 0.352 e. The van der Waals surface area contributed by atoms with Gasteiger partial charge in [0.15, 0.2) is 0 Å². The number of nitrogens with zero attached hydrogens (tertiary/aromatic N) is 2. The summed E-state index contributed by atoms with van der Waals surface area (Å²) < 4.78 is 27.4. The topological polar surface area (TPSA) is 86.8 Å². The summed E-state index contributed by atoms with van der Waals surface area (Å²) in [5.74, 6) is -0.769. The van der Waals surface area contributed by atoms with Crippen molar-refractivity contribution in [2.75, 3.05) is 17.1 Å². The quantitative estimate of drug-likeness (QED) is 0.346. The number of carbonyl (C=O) groups is 2. The van der Waals surface area contributed by atoms with Gasteiger partial charge in [0, 0.05) is 23.5 Å². The fourth-order valence-corrected chi connectivity index (χ4v) is 5.42. The van der Waals surface area contributed by atoms with Crippen LogP contribution in [0.3, 0.4) is 0 Å². The van der Waals surface area contributed by atoms with E-state index < -0.39 is 28.5 Å². The molecule has 0 heterocycles. The van der Waals surface area contributed by atoms with E-state index in [1.165, 1.54) is 4.90 Å². The molecule has 1 N–H and O–H groups in total. The Kier molecular flexibility index (Phi) is 10.1. The molecule has 0 aliphatic carbocycles. The van der Waals surface area contributed by atoms with Crippen LogP contribution < -0.4 is 9.62 Å². The van der Waals surface area contributed by atoms with E-state index in [0.717, 1.165) is 27.3 Å². The number of hydrogen-bond acceptors (Lipinski definition) is 4. The molecule has 7 nitrogen and oxygen atoms in total. The van der Waals surface area contributed by atoms with Crippen LogP contribution in [0.25, 0.3) is 0 Å². The number of halogens is 1. The minimum atomic E-state index is -3.80. The number of hydrogen-bond donors (Lipinski definition) is 1. The molecule has 0 saturated carbocycles. The van der Waals surface area contributed by atoms with E-state index in [2.05, 4.69) is 21.2 Å². The molecule has 0 saturated heterocycles. The van der Waals surface area contributed by atoms with Crippen molar-refractivity contribution in [1.82, 2.24) is 10.2 Å². The minimum Gasteiger partial charge on any atom is -0.352 e. The molecule has 3 aromatic rings. The molecular formula is C29H34BrN3O4S. The summed E-state index contributed by atoms with van der Waals surface area (Å²) in [6, 6.07) is 23.0. The first-order chi connectivity index (χ1) is 17.9. The first-order valence-corrected chi connectivity index (χ1v) is 15.0. The molecule has 0 aliphatic heterocycles. The molecule has 202 valence electrons. The highest BCUT2D eigenvalue weighted by Crippen LogP contribution is 2.23. The van der Waals surface area contributed by atoms with Crippen LogP contribution in [0.5, 0.6) is 0 Å². The van der Waals surface area contributed by atoms with Crippen molar-refractivity contribution in [3.63, 3.8) is 0 Å². The lowest BCUT2D eigenvalue weighted by atomic mass is 10.0. The first kappa shape index (κ1) is 29.4. The first-order valence-electron chi connectivity index (χ1n) is 12.4. The van der Waals surface area contributed by atoms with E-state index in [9.17, 15) is 18.0 Å². The molecule has 0 bridgehead atoms. The van der Waals surface area contributed by atoms with E-state index in [1.54, 1.807) is 24.3 Å². The molecule has 3 rings (SSSR count). The number of carbonyl (C=O) groups excluding carboxylic acids is 2. The Balaban J connectivity index is 2.06. The molecule has 0 unspecified atom stereocenters. The summed E-state index contributed by atoms with van der Waals surface area (Å²) in [5.41, 5.74) is 3.12. The van der Waals surface area contributed by atoms with Crippen LogP contribution in [-0.4, -0.2) is 50.0 Å². The third kappa shape index (κ3) is 8.43. The van der Waals surface area contributed by atoms with Crippen LogP contribution in [0.15, 0.2) is 83.3 Å². The molecule has 0 fully saturated rings. The predicted molar refractivity (Wildman–Crippen MR) is 155 cm³/mol. The highest BCUT2D eigenvalue weighted by Gasteiger charge is 2.33. The van der Waals surface area contributed by atoms with Gasteiger partial charge in [-0.3, -0.25) is 13.9 Å². The molecule has 2 amide bonds. The summed E-state index contributed by atoms with van der Waals surface area (Å²) in [4.78, 5) is 29.0. The van der Waals surface area contributed by atoms with Gasteiger partial charge in [-0.1, -0.05) is 82.2 Å². The van der Waals surface area contributed by atoms with Crippen LogP contribution in [0.1, 0.15) is 30.5 Å². The van der Waals surface area contributed by atoms with Gasteiger partial charge in [-0.25, -0.2) is 8.42 Å². The van der Waals surface area contributed by atoms with Gasteiger partial charge < -0.3 is 10.2 Å². The number of amides is 2. The zero-order chi connectivity index (χ0) is 27.9. The Morgan fingerprint density at radius 3 is 2.18 bits per heavy atom. The van der Waals surface area contributed by atoms with Gasteiger partial charge >= 0.3 is 0 Å². The van der Waals surface area contributed by atoms with Crippen molar-refractivity contribution in [1.29, 1.82) is 0 Å². The van der Waals surface area contributed by atoms with Crippen molar-refractivity contribution in [2.45, 2.75) is 45.8 Å². The minimum absolute atomic E-state index is 0.133. The lowest BCUT2D eigenvalue weighted by Crippen LogP contribution is -2.54. The third-order valence-corrected chi connectivity index (χ3v) is 7.55. The van der Waals surface area contributed by atoms with Crippen LogP contribution in [0.2, 0.25) is 0 Å². The van der Waals surface area contributed by atoms with Crippen molar-refractivity contribution in [2.24, 2.45) is 0 Å². The average molecular weight is 601 g/mol. The molecule has 1 atom stereocenters. The van der Waals surface area contributed by atoms with Gasteiger partial charge in [-0.15, -0.1) is 0 Å². The second kappa shape index (κ2) is 13.1. The van der Waals surface area contributed by atoms with Gasteiger partial charge in [-0.2, -0.15) is 0 Å². The van der Waals surface area contributed by atoms with Crippen LogP contribution in [0.4, 0.5) is 5.69 Å². The zero-order valence-corrected chi connectivity index (χ0v) is 24.5. The Labute approximate surface area is 234 Å². The highest BCUT2D eigenvalue weighted by atomic mass is 79.9. The molecule has 0 radical (unpaired) electrons. The van der Waals surface area contributed by atoms with E-state index in [1.807, 2.05) is 75.4 Å². The van der Waals surface area contributed by atoms with Crippen molar-refractivity contribution in [3.05, 3.63) is 100 Å². The van der Waals surface area contributed by atoms with Gasteiger partial charge in [0.2, 0.25) is 21.8 Å². The van der Waals surface area contributed by atoms with Gasteiger partial charge in [0.05, 0.1) is 11.9 Å². The molecule has 38 heavy (non-hydrogen) atoms. The van der Waals surface area contributed by atoms with E-state index >= 15 is 0 Å². The van der Waals surface area contributed by atoms with Crippen LogP contribution >= 0.6 is 15.9 Å². The highest BCUT2D eigenvalue weighted by molar-refractivity contribution is 9.10. The maximum Gasteiger partial charge on any atom is 0.244 e. The lowest BCUT2D eigenvalue weighted by Gasteiger charge is -2.34. The molecule has 0 aromatic heterocycles. The maximum absolute atomic E-state index is 14.0. The number of anilines is 1. The van der Waals surface area contributed by atoms with E-state index in [4.69, 9.17) is 0 Å². The fraction of sp³-hybridized carbons (Fsp3) is 0.310. The molecular weight excluding hydrogens is 566 g/mol. The van der Waals surface area contributed by atoms with Crippen LogP contribution in [-0.2, 0) is 32.6 Å². The molecule has 0 aliphatic rings. The number of nitrogens with one attached hydrogen (secondary N) is 1. The van der Waals surface area contributed by atoms with E-state index in [-0.39, 0.29) is 24.9 Å². The summed E-state index contributed by atoms with van der Waals surface area (Å²) in [5, 5.41) is 2.95. The Hall–Kier alpha value is -3.17. The Morgan fingerprint density at radius 2 is 1.58 bits per heavy atom. The third-order valence-electron chi connectivity index (χ3n) is 5.91. The summed E-state index contributed by atoms with van der Waals surface area (Å²) >= 11 is 3.38. The van der Waals surface area contributed by atoms with Crippen LogP contribution in [0, 0.1) is 6.92 Å². The monoisotopic (exact) mass is 599 g/mol. The van der Waals surface area contributed by atoms with Crippen molar-refractivity contribution >= 4 is 43.5 Å². The lowest BCUT2D eigenvalue weighted by molar-refractivity contribution is -0.140. The fourth-order valence-electron chi connectivity index (χ4n) is 4.19. The smallest absolute Gasteiger partial charge is 0.244 e. The zero-order valence-electron chi connectivity index (χ0n) is 22.1. The maximum atomic E-state index is 14.0. The van der Waals surface area contributed by atoms with Crippen molar-refractivity contribution in [3.8, 4) is 0 Å². The Morgan fingerprint density at radius 1 is 0.921 bits per heavy atom. The molecule has 9 heteroatoms. The number of sulfonamides is 1. The standard InChI is InChI=1S/C29H34BrN3O4S/c1-21(2)31-29(35)27(17-23-11-6-5-7-12-23)32(19-24-13-8-10-22(3)16-24)28(34)20-33(38(4,36)37)26-15-9-14-25(30)18-26/h5-16,18,21,27H,17,19-20H2,1-4H3,(H,31,35)/t27-/m0/s1. The number of rotatable bonds is 11. The van der Waals surface area contributed by atoms with E-state index in [0.29, 0.717) is 10.2 Å². The SMILES string of the molecule is Cc1cccc(CN(C(=O)CN(c2cccc(Br)c2)S(C)(=O)=O)[C@@H](Cc2ccccc2)C(=O)NC(C)C)c1. The molecule has 3 aromatic carbocycles. The predicted octanol–water partition coefficient (Wildman–Crippen LogP) is 4.69. The summed E-state index contributed by atoms with van der Waals surface area (Å²) in [6.45, 7) is 5.40. The van der Waals surface area contributed by atoms with Gasteiger partial charge in [0.25, 0.3) is 0 Å². The second-order valence-corrected chi connectivity index (χ2v) is 12.5. The van der Waals surface area contributed by atoms with Gasteiger partial charge in [0.1, 0.15) is 12.6 Å². The summed E-state index contributed by atoms with van der Waals surface area (Å²) in [6.07, 6.45) is 1.35. The number of benzene rings is 3. The van der Waals surface area contributed by atoms with Gasteiger partial charge in [-0.05, 0) is 50.1 Å². The normalized spacial score (nSPS) is 12.2. The summed E-state index contributed by atoms with van der Waals surface area (Å²) in [7, 11) is -3.80. The molecule has 0 spiro atoms. The number of aryl methyl sites for hydroxylation is 1. The average Bonchev–Trinajstić information content (AvgIpc) is 2.84.